The SMILES string of the molecule is CCNC(c1cc2c(s1)CCCC2)c1cc(Br)sc1C. The van der Waals surface area contributed by atoms with Crippen molar-refractivity contribution >= 4 is 38.6 Å². The van der Waals surface area contributed by atoms with Crippen molar-refractivity contribution in [1.29, 1.82) is 0 Å². The standard InChI is InChI=1S/C16H20BrNS2/c1-3-18-16(12-9-15(17)19-10(12)2)14-8-11-6-4-5-7-13(11)20-14/h8-9,16,18H,3-7H2,1-2H3. The van der Waals surface area contributed by atoms with Crippen molar-refractivity contribution in [3.05, 3.63) is 41.7 Å². The lowest BCUT2D eigenvalue weighted by Gasteiger charge is -2.16. The number of aryl methyl sites for hydroxylation is 3. The van der Waals surface area contributed by atoms with Crippen molar-refractivity contribution in [2.75, 3.05) is 6.54 Å². The molecule has 0 fully saturated rings. The van der Waals surface area contributed by atoms with Crippen LogP contribution in [0.2, 0.25) is 0 Å². The Hall–Kier alpha value is -0.160. The van der Waals surface area contributed by atoms with Crippen LogP contribution in [0, 0.1) is 6.92 Å². The summed E-state index contributed by atoms with van der Waals surface area (Å²) in [6, 6.07) is 5.10. The second kappa shape index (κ2) is 6.30. The van der Waals surface area contributed by atoms with Gasteiger partial charge in [-0.25, -0.2) is 0 Å². The molecule has 1 aliphatic carbocycles. The Morgan fingerprint density at radius 1 is 1.25 bits per heavy atom. The van der Waals surface area contributed by atoms with Crippen LogP contribution in [0.25, 0.3) is 0 Å². The monoisotopic (exact) mass is 369 g/mol. The van der Waals surface area contributed by atoms with Gasteiger partial charge in [0.15, 0.2) is 0 Å². The molecule has 3 rings (SSSR count). The van der Waals surface area contributed by atoms with Gasteiger partial charge in [0.25, 0.3) is 0 Å². The van der Waals surface area contributed by atoms with E-state index in [0.29, 0.717) is 6.04 Å². The van der Waals surface area contributed by atoms with Gasteiger partial charge in [-0.05, 0) is 78.3 Å². The third-order valence-corrected chi connectivity index (χ3v) is 6.82. The number of rotatable bonds is 4. The van der Waals surface area contributed by atoms with Crippen LogP contribution in [0.4, 0.5) is 0 Å². The van der Waals surface area contributed by atoms with E-state index in [-0.39, 0.29) is 0 Å². The van der Waals surface area contributed by atoms with Gasteiger partial charge >= 0.3 is 0 Å². The van der Waals surface area contributed by atoms with Gasteiger partial charge in [0.05, 0.1) is 9.83 Å². The van der Waals surface area contributed by atoms with Gasteiger partial charge in [-0.2, -0.15) is 0 Å². The van der Waals surface area contributed by atoms with Gasteiger partial charge in [-0.3, -0.25) is 0 Å². The highest BCUT2D eigenvalue weighted by molar-refractivity contribution is 9.11. The lowest BCUT2D eigenvalue weighted by molar-refractivity contribution is 0.638. The number of fused-ring (bicyclic) bond motifs is 1. The van der Waals surface area contributed by atoms with Crippen molar-refractivity contribution in [1.82, 2.24) is 5.32 Å². The first-order chi connectivity index (χ1) is 9.69. The first-order valence-corrected chi connectivity index (χ1v) is 9.72. The Labute approximate surface area is 137 Å². The molecule has 2 heterocycles. The fourth-order valence-corrected chi connectivity index (χ4v) is 6.07. The molecule has 1 N–H and O–H groups in total. The van der Waals surface area contributed by atoms with Crippen molar-refractivity contribution < 1.29 is 0 Å². The van der Waals surface area contributed by atoms with Crippen LogP contribution in [0.5, 0.6) is 0 Å². The number of nitrogens with one attached hydrogen (secondary N) is 1. The van der Waals surface area contributed by atoms with E-state index in [1.807, 2.05) is 22.7 Å². The summed E-state index contributed by atoms with van der Waals surface area (Å²) in [5.41, 5.74) is 3.04. The summed E-state index contributed by atoms with van der Waals surface area (Å²) in [6.07, 6.45) is 5.28. The average molecular weight is 370 g/mol. The minimum absolute atomic E-state index is 0.359. The first-order valence-electron chi connectivity index (χ1n) is 7.29. The molecule has 1 unspecified atom stereocenters. The predicted molar refractivity (Wildman–Crippen MR) is 93.2 cm³/mol. The molecule has 108 valence electrons. The second-order valence-corrected chi connectivity index (χ2v) is 9.16. The van der Waals surface area contributed by atoms with Crippen LogP contribution in [-0.4, -0.2) is 6.54 Å². The molecule has 1 atom stereocenters. The van der Waals surface area contributed by atoms with Crippen molar-refractivity contribution in [2.45, 2.75) is 45.6 Å². The smallest absolute Gasteiger partial charge is 0.0704 e. The first kappa shape index (κ1) is 14.8. The maximum absolute atomic E-state index is 3.67. The van der Waals surface area contributed by atoms with E-state index in [0.717, 1.165) is 6.54 Å². The molecule has 1 nitrogen and oxygen atoms in total. The van der Waals surface area contributed by atoms with E-state index in [9.17, 15) is 0 Å². The summed E-state index contributed by atoms with van der Waals surface area (Å²) < 4.78 is 1.23. The number of hydrogen-bond acceptors (Lipinski definition) is 3. The number of halogens is 1. The Morgan fingerprint density at radius 3 is 2.70 bits per heavy atom. The lowest BCUT2D eigenvalue weighted by Crippen LogP contribution is -2.21. The van der Waals surface area contributed by atoms with Gasteiger partial charge < -0.3 is 5.32 Å². The summed E-state index contributed by atoms with van der Waals surface area (Å²) in [4.78, 5) is 4.53. The Bertz CT molecular complexity index is 576. The highest BCUT2D eigenvalue weighted by Crippen LogP contribution is 2.39. The van der Waals surface area contributed by atoms with E-state index >= 15 is 0 Å². The zero-order valence-electron chi connectivity index (χ0n) is 12.0. The highest BCUT2D eigenvalue weighted by atomic mass is 79.9. The third kappa shape index (κ3) is 2.89. The molecule has 0 saturated carbocycles. The zero-order valence-corrected chi connectivity index (χ0v) is 15.2. The molecule has 0 aromatic carbocycles. The molecule has 20 heavy (non-hydrogen) atoms. The fourth-order valence-electron chi connectivity index (χ4n) is 2.97. The summed E-state index contributed by atoms with van der Waals surface area (Å²) in [6.45, 7) is 5.42. The topological polar surface area (TPSA) is 12.0 Å². The number of hydrogen-bond donors (Lipinski definition) is 1. The molecule has 0 spiro atoms. The van der Waals surface area contributed by atoms with Crippen LogP contribution in [0.1, 0.15) is 51.6 Å². The van der Waals surface area contributed by atoms with E-state index < -0.39 is 0 Å². The van der Waals surface area contributed by atoms with Crippen LogP contribution >= 0.6 is 38.6 Å². The normalized spacial score (nSPS) is 16.1. The van der Waals surface area contributed by atoms with Crippen molar-refractivity contribution in [3.8, 4) is 0 Å². The van der Waals surface area contributed by atoms with E-state index in [4.69, 9.17) is 0 Å². The molecular weight excluding hydrogens is 350 g/mol. The van der Waals surface area contributed by atoms with E-state index in [1.54, 1.807) is 10.4 Å². The van der Waals surface area contributed by atoms with Crippen molar-refractivity contribution in [3.63, 3.8) is 0 Å². The maximum atomic E-state index is 3.67. The van der Waals surface area contributed by atoms with Crippen LogP contribution in [0.15, 0.2) is 15.9 Å². The molecular formula is C16H20BrNS2. The molecule has 0 aliphatic heterocycles. The lowest BCUT2D eigenvalue weighted by atomic mass is 9.98. The molecule has 0 amide bonds. The molecule has 1 aliphatic rings. The van der Waals surface area contributed by atoms with Gasteiger partial charge in [-0.15, -0.1) is 22.7 Å². The van der Waals surface area contributed by atoms with Gasteiger partial charge in [0.2, 0.25) is 0 Å². The summed E-state index contributed by atoms with van der Waals surface area (Å²) in [7, 11) is 0. The summed E-state index contributed by atoms with van der Waals surface area (Å²) in [5.74, 6) is 0. The third-order valence-electron chi connectivity index (χ3n) is 3.95. The van der Waals surface area contributed by atoms with E-state index in [1.165, 1.54) is 44.8 Å². The van der Waals surface area contributed by atoms with Crippen molar-refractivity contribution in [2.24, 2.45) is 0 Å². The zero-order chi connectivity index (χ0) is 14.1. The molecule has 0 saturated heterocycles. The molecule has 2 aromatic rings. The summed E-state index contributed by atoms with van der Waals surface area (Å²) in [5, 5.41) is 3.67. The maximum Gasteiger partial charge on any atom is 0.0704 e. The molecule has 4 heteroatoms. The van der Waals surface area contributed by atoms with E-state index in [2.05, 4.69) is 47.2 Å². The van der Waals surface area contributed by atoms with Gasteiger partial charge in [0.1, 0.15) is 0 Å². The Kier molecular flexibility index (Phi) is 4.65. The largest absolute Gasteiger partial charge is 0.306 e. The Morgan fingerprint density at radius 2 is 2.05 bits per heavy atom. The van der Waals surface area contributed by atoms with Crippen LogP contribution in [0.3, 0.4) is 0 Å². The number of thiophene rings is 2. The summed E-state index contributed by atoms with van der Waals surface area (Å²) >= 11 is 7.48. The van der Waals surface area contributed by atoms with Gasteiger partial charge in [-0.1, -0.05) is 6.92 Å². The van der Waals surface area contributed by atoms with Crippen LogP contribution in [-0.2, 0) is 12.8 Å². The average Bonchev–Trinajstić information content (AvgIpc) is 2.99. The minimum Gasteiger partial charge on any atom is -0.306 e. The highest BCUT2D eigenvalue weighted by Gasteiger charge is 2.22. The fraction of sp³-hybridized carbons (Fsp3) is 0.500. The molecule has 0 radical (unpaired) electrons. The predicted octanol–water partition coefficient (Wildman–Crippen LogP) is 5.46. The Balaban J connectivity index is 1.98. The van der Waals surface area contributed by atoms with Gasteiger partial charge in [0, 0.05) is 14.6 Å². The molecule has 0 bridgehead atoms. The molecule has 2 aromatic heterocycles. The minimum atomic E-state index is 0.359. The quantitative estimate of drug-likeness (QED) is 0.754. The van der Waals surface area contributed by atoms with Crippen LogP contribution < -0.4 is 5.32 Å². The second-order valence-electron chi connectivity index (χ2n) is 5.36.